The molecule has 1 saturated carbocycles. The molecule has 2 aliphatic carbocycles. The van der Waals surface area contributed by atoms with Crippen molar-refractivity contribution in [2.75, 3.05) is 25.0 Å². The maximum absolute atomic E-state index is 12.7. The van der Waals surface area contributed by atoms with Crippen molar-refractivity contribution in [2.45, 2.75) is 25.7 Å². The molecule has 1 unspecified atom stereocenters. The van der Waals surface area contributed by atoms with Crippen molar-refractivity contribution >= 4 is 11.6 Å². The van der Waals surface area contributed by atoms with E-state index in [-0.39, 0.29) is 5.91 Å². The third-order valence-corrected chi connectivity index (χ3v) is 7.05. The first-order valence-corrected chi connectivity index (χ1v) is 11.6. The van der Waals surface area contributed by atoms with Gasteiger partial charge in [0.1, 0.15) is 11.5 Å². The number of piperidine rings is 1. The Labute approximate surface area is 190 Å². The molecule has 1 atom stereocenters. The van der Waals surface area contributed by atoms with Crippen LogP contribution in [0.2, 0.25) is 0 Å². The first-order valence-electron chi connectivity index (χ1n) is 11.6. The van der Waals surface area contributed by atoms with Crippen molar-refractivity contribution in [1.29, 1.82) is 0 Å². The molecule has 2 aromatic rings. The highest BCUT2D eigenvalue weighted by atomic mass is 16.5. The lowest BCUT2D eigenvalue weighted by atomic mass is 9.90. The van der Waals surface area contributed by atoms with E-state index in [0.717, 1.165) is 61.7 Å². The minimum absolute atomic E-state index is 0.166. The van der Waals surface area contributed by atoms with Gasteiger partial charge in [-0.1, -0.05) is 54.6 Å². The monoisotopic (exact) mass is 426 g/mol. The zero-order valence-electron chi connectivity index (χ0n) is 18.4. The summed E-state index contributed by atoms with van der Waals surface area (Å²) in [5.41, 5.74) is 2.24. The third kappa shape index (κ3) is 4.50. The number of hydrogen-bond donors (Lipinski definition) is 1. The van der Waals surface area contributed by atoms with Crippen molar-refractivity contribution in [3.8, 4) is 5.75 Å². The fraction of sp³-hybridized carbons (Fsp3) is 0.321. The molecule has 2 aromatic carbocycles. The van der Waals surface area contributed by atoms with Crippen molar-refractivity contribution < 1.29 is 9.53 Å². The molecule has 1 amide bonds. The van der Waals surface area contributed by atoms with Crippen LogP contribution in [0.1, 0.15) is 36.0 Å². The number of carbonyl (C=O) groups excluding carboxylic acids is 1. The van der Waals surface area contributed by atoms with E-state index in [2.05, 4.69) is 17.5 Å². The van der Waals surface area contributed by atoms with Crippen LogP contribution in [0.5, 0.6) is 5.75 Å². The van der Waals surface area contributed by atoms with E-state index in [1.54, 1.807) is 0 Å². The lowest BCUT2D eigenvalue weighted by molar-refractivity contribution is 0.0670. The molecule has 0 aromatic heterocycles. The predicted octanol–water partition coefficient (Wildman–Crippen LogP) is 5.82. The van der Waals surface area contributed by atoms with Gasteiger partial charge in [0, 0.05) is 31.6 Å². The molecule has 4 heteroatoms. The van der Waals surface area contributed by atoms with Gasteiger partial charge in [-0.25, -0.2) is 0 Å². The summed E-state index contributed by atoms with van der Waals surface area (Å²) in [5, 5.41) is 3.64. The van der Waals surface area contributed by atoms with Crippen molar-refractivity contribution in [1.82, 2.24) is 4.90 Å². The van der Waals surface area contributed by atoms with Crippen LogP contribution in [0.15, 0.2) is 90.7 Å². The number of nitrogens with zero attached hydrogens (tertiary/aromatic N) is 1. The third-order valence-electron chi connectivity index (χ3n) is 7.05. The predicted molar refractivity (Wildman–Crippen MR) is 129 cm³/mol. The van der Waals surface area contributed by atoms with Gasteiger partial charge < -0.3 is 15.0 Å². The number of carbonyl (C=O) groups is 1. The summed E-state index contributed by atoms with van der Waals surface area (Å²) >= 11 is 0. The Bertz CT molecular complexity index is 1050. The molecular weight excluding hydrogens is 396 g/mol. The molecule has 1 heterocycles. The molecule has 1 N–H and O–H groups in total. The van der Waals surface area contributed by atoms with Gasteiger partial charge in [0.2, 0.25) is 0 Å². The zero-order chi connectivity index (χ0) is 21.8. The molecule has 1 spiro atoms. The largest absolute Gasteiger partial charge is 0.459 e. The number of rotatable bonds is 6. The van der Waals surface area contributed by atoms with Gasteiger partial charge in [0.25, 0.3) is 5.91 Å². The van der Waals surface area contributed by atoms with Crippen LogP contribution in [0.3, 0.4) is 0 Å². The van der Waals surface area contributed by atoms with Crippen LogP contribution >= 0.6 is 0 Å². The fourth-order valence-corrected chi connectivity index (χ4v) is 4.96. The molecule has 0 radical (unpaired) electrons. The summed E-state index contributed by atoms with van der Waals surface area (Å²) in [6.45, 7) is 2.67. The molecular formula is C28H30N2O2. The lowest BCUT2D eigenvalue weighted by Gasteiger charge is -2.33. The molecule has 164 valence electrons. The number of amides is 1. The van der Waals surface area contributed by atoms with Gasteiger partial charge in [-0.05, 0) is 60.9 Å². The van der Waals surface area contributed by atoms with Gasteiger partial charge in [0.05, 0.1) is 5.69 Å². The first-order chi connectivity index (χ1) is 15.7. The van der Waals surface area contributed by atoms with E-state index in [0.29, 0.717) is 11.3 Å². The minimum atomic E-state index is 0.166. The Balaban J connectivity index is 1.15. The Morgan fingerprint density at radius 1 is 1.00 bits per heavy atom. The van der Waals surface area contributed by atoms with Gasteiger partial charge >= 0.3 is 0 Å². The van der Waals surface area contributed by atoms with Gasteiger partial charge in [-0.2, -0.15) is 0 Å². The Morgan fingerprint density at radius 3 is 2.62 bits per heavy atom. The van der Waals surface area contributed by atoms with Crippen LogP contribution in [0.4, 0.5) is 5.69 Å². The second kappa shape index (κ2) is 9.07. The molecule has 3 aliphatic rings. The van der Waals surface area contributed by atoms with Crippen molar-refractivity contribution in [2.24, 2.45) is 11.3 Å². The Morgan fingerprint density at radius 2 is 1.78 bits per heavy atom. The summed E-state index contributed by atoms with van der Waals surface area (Å²) in [7, 11) is 0. The van der Waals surface area contributed by atoms with Crippen LogP contribution in [-0.4, -0.2) is 30.4 Å². The van der Waals surface area contributed by atoms with Gasteiger partial charge in [-0.15, -0.1) is 0 Å². The second-order valence-electron chi connectivity index (χ2n) is 9.05. The normalized spacial score (nSPS) is 21.1. The van der Waals surface area contributed by atoms with E-state index in [4.69, 9.17) is 4.74 Å². The minimum Gasteiger partial charge on any atom is -0.459 e. The molecule has 0 bridgehead atoms. The van der Waals surface area contributed by atoms with Crippen LogP contribution in [0, 0.1) is 11.3 Å². The maximum atomic E-state index is 12.7. The Hall–Kier alpha value is -3.27. The molecule has 1 saturated heterocycles. The second-order valence-corrected chi connectivity index (χ2v) is 9.05. The summed E-state index contributed by atoms with van der Waals surface area (Å²) in [6.07, 6.45) is 14.4. The summed E-state index contributed by atoms with van der Waals surface area (Å²) in [4.78, 5) is 14.8. The molecule has 4 nitrogen and oxygen atoms in total. The summed E-state index contributed by atoms with van der Waals surface area (Å²) in [6, 6.07) is 17.8. The van der Waals surface area contributed by atoms with E-state index < -0.39 is 0 Å². The number of hydrogen-bond acceptors (Lipinski definition) is 3. The quantitative estimate of drug-likeness (QED) is 0.633. The standard InChI is InChI=1S/C28H30N2O2/c31-27(22-10-4-3-5-11-22)30-18-16-28(17-19-30)20-23(28)21-29-25-14-8-9-15-26(25)32-24-12-6-1-2-7-13-24/h1-12,14-15,23,29H,13,16-21H2. The van der Waals surface area contributed by atoms with Crippen LogP contribution < -0.4 is 10.1 Å². The topological polar surface area (TPSA) is 41.6 Å². The highest BCUT2D eigenvalue weighted by Gasteiger charge is 2.54. The highest BCUT2D eigenvalue weighted by Crippen LogP contribution is 2.59. The van der Waals surface area contributed by atoms with Crippen LogP contribution in [-0.2, 0) is 0 Å². The zero-order valence-corrected chi connectivity index (χ0v) is 18.4. The Kier molecular flexibility index (Phi) is 5.85. The van der Waals surface area contributed by atoms with Crippen molar-refractivity contribution in [3.05, 3.63) is 96.3 Å². The number of anilines is 1. The smallest absolute Gasteiger partial charge is 0.253 e. The molecule has 2 fully saturated rings. The number of para-hydroxylation sites is 2. The number of benzene rings is 2. The first kappa shape index (κ1) is 20.6. The van der Waals surface area contributed by atoms with Crippen molar-refractivity contribution in [3.63, 3.8) is 0 Å². The van der Waals surface area contributed by atoms with Gasteiger partial charge in [0.15, 0.2) is 0 Å². The lowest BCUT2D eigenvalue weighted by Crippen LogP contribution is -2.39. The van der Waals surface area contributed by atoms with E-state index in [9.17, 15) is 4.79 Å². The van der Waals surface area contributed by atoms with E-state index >= 15 is 0 Å². The molecule has 1 aliphatic heterocycles. The number of likely N-dealkylation sites (tertiary alicyclic amines) is 1. The number of allylic oxidation sites excluding steroid dienone is 5. The maximum Gasteiger partial charge on any atom is 0.253 e. The van der Waals surface area contributed by atoms with Gasteiger partial charge in [-0.3, -0.25) is 4.79 Å². The SMILES string of the molecule is O=C(c1ccccc1)N1CCC2(CC1)CC2CNc1ccccc1OC1=CC=CC=CC1. The fourth-order valence-electron chi connectivity index (χ4n) is 4.96. The highest BCUT2D eigenvalue weighted by molar-refractivity contribution is 5.94. The van der Waals surface area contributed by atoms with Crippen LogP contribution in [0.25, 0.3) is 0 Å². The average Bonchev–Trinajstić information content (AvgIpc) is 3.58. The summed E-state index contributed by atoms with van der Waals surface area (Å²) < 4.78 is 6.19. The van der Waals surface area contributed by atoms with E-state index in [1.165, 1.54) is 6.42 Å². The molecule has 32 heavy (non-hydrogen) atoms. The number of nitrogens with one attached hydrogen (secondary N) is 1. The molecule has 5 rings (SSSR count). The van der Waals surface area contributed by atoms with E-state index in [1.807, 2.05) is 77.7 Å². The average molecular weight is 427 g/mol. The summed E-state index contributed by atoms with van der Waals surface area (Å²) in [5.74, 6) is 2.65. The number of ether oxygens (including phenoxy) is 1.